The van der Waals surface area contributed by atoms with Crippen LogP contribution in [0.25, 0.3) is 0 Å². The molecule has 3 rings (SSSR count). The zero-order valence-electron chi connectivity index (χ0n) is 17.9. The fourth-order valence-electron chi connectivity index (χ4n) is 3.90. The maximum Gasteiger partial charge on any atom is 0.219 e. The first-order valence-electron chi connectivity index (χ1n) is 10.7. The lowest BCUT2D eigenvalue weighted by Gasteiger charge is -2.38. The number of amides is 1. The number of hydrogen-bond donors (Lipinski definition) is 1. The van der Waals surface area contributed by atoms with Crippen LogP contribution in [0.2, 0.25) is 0 Å². The number of nitrogens with zero attached hydrogens (tertiary/aromatic N) is 5. The molecular weight excluding hydrogens is 390 g/mol. The van der Waals surface area contributed by atoms with Crippen molar-refractivity contribution in [3.63, 3.8) is 0 Å². The van der Waals surface area contributed by atoms with E-state index in [1.54, 1.807) is 6.92 Å². The van der Waals surface area contributed by atoms with Gasteiger partial charge in [-0.1, -0.05) is 0 Å². The molecule has 0 radical (unpaired) electrons. The molecule has 2 aliphatic rings. The summed E-state index contributed by atoms with van der Waals surface area (Å²) in [5, 5.41) is 3.34. The van der Waals surface area contributed by atoms with Crippen LogP contribution >= 0.6 is 0 Å². The van der Waals surface area contributed by atoms with Crippen molar-refractivity contribution in [2.75, 3.05) is 76.9 Å². The molecule has 166 valence electrons. The van der Waals surface area contributed by atoms with E-state index in [-0.39, 0.29) is 5.91 Å². The number of nitrogens with one attached hydrogen (secondary N) is 1. The second kappa shape index (κ2) is 10.6. The van der Waals surface area contributed by atoms with Gasteiger partial charge in [-0.3, -0.25) is 14.7 Å². The minimum absolute atomic E-state index is 0.138. The molecule has 2 fully saturated rings. The minimum Gasteiger partial charge on any atom is -0.366 e. The maximum absolute atomic E-state index is 14.1. The number of carbonyl (C=O) groups excluding carboxylic acids is 1. The zero-order chi connectivity index (χ0) is 21.5. The quantitative estimate of drug-likeness (QED) is 0.571. The summed E-state index contributed by atoms with van der Waals surface area (Å²) in [6.07, 6.45) is 0. The molecule has 0 bridgehead atoms. The molecule has 0 atom stereocenters. The van der Waals surface area contributed by atoms with E-state index in [0.29, 0.717) is 38.4 Å². The molecule has 1 N–H and O–H groups in total. The maximum atomic E-state index is 14.1. The van der Waals surface area contributed by atoms with Crippen LogP contribution in [-0.4, -0.2) is 98.6 Å². The molecule has 0 aliphatic carbocycles. The molecule has 0 aromatic heterocycles. The van der Waals surface area contributed by atoms with Crippen molar-refractivity contribution in [2.24, 2.45) is 4.99 Å². The average molecular weight is 423 g/mol. The molecule has 30 heavy (non-hydrogen) atoms. The zero-order valence-corrected chi connectivity index (χ0v) is 17.9. The molecule has 0 spiro atoms. The molecular formula is C21H32F2N6O. The first kappa shape index (κ1) is 22.3. The van der Waals surface area contributed by atoms with Crippen molar-refractivity contribution in [1.82, 2.24) is 20.0 Å². The second-order valence-electron chi connectivity index (χ2n) is 7.65. The topological polar surface area (TPSA) is 54.4 Å². The van der Waals surface area contributed by atoms with Crippen LogP contribution in [0.1, 0.15) is 13.8 Å². The molecule has 7 nitrogen and oxygen atoms in total. The van der Waals surface area contributed by atoms with E-state index in [4.69, 9.17) is 4.99 Å². The Morgan fingerprint density at radius 3 is 2.33 bits per heavy atom. The molecule has 1 aromatic rings. The van der Waals surface area contributed by atoms with Gasteiger partial charge in [-0.05, 0) is 19.1 Å². The Hall–Kier alpha value is -2.42. The Balaban J connectivity index is 1.50. The van der Waals surface area contributed by atoms with Crippen molar-refractivity contribution in [2.45, 2.75) is 13.8 Å². The summed E-state index contributed by atoms with van der Waals surface area (Å²) in [4.78, 5) is 24.5. The van der Waals surface area contributed by atoms with Crippen LogP contribution in [0, 0.1) is 11.6 Å². The lowest BCUT2D eigenvalue weighted by atomic mass is 10.2. The molecule has 9 heteroatoms. The number of anilines is 1. The highest BCUT2D eigenvalue weighted by atomic mass is 19.1. The first-order valence-corrected chi connectivity index (χ1v) is 10.7. The normalized spacial score (nSPS) is 18.7. The van der Waals surface area contributed by atoms with Gasteiger partial charge in [0.1, 0.15) is 11.6 Å². The number of halogens is 2. The van der Waals surface area contributed by atoms with Gasteiger partial charge in [-0.25, -0.2) is 8.78 Å². The third-order valence-electron chi connectivity index (χ3n) is 5.66. The van der Waals surface area contributed by atoms with Crippen LogP contribution in [0.5, 0.6) is 0 Å². The Morgan fingerprint density at radius 1 is 1.03 bits per heavy atom. The van der Waals surface area contributed by atoms with Gasteiger partial charge in [0.2, 0.25) is 5.91 Å². The monoisotopic (exact) mass is 422 g/mol. The predicted molar refractivity (Wildman–Crippen MR) is 115 cm³/mol. The highest BCUT2D eigenvalue weighted by molar-refractivity contribution is 5.80. The number of hydrogen-bond acceptors (Lipinski definition) is 4. The Bertz CT molecular complexity index is 743. The summed E-state index contributed by atoms with van der Waals surface area (Å²) >= 11 is 0. The number of benzene rings is 1. The van der Waals surface area contributed by atoms with E-state index in [1.165, 1.54) is 12.1 Å². The SMILES string of the molecule is CCNC(=NCCN1CCN(C(C)=O)CC1)N1CCN(c2cc(F)ccc2F)CC1. The van der Waals surface area contributed by atoms with Gasteiger partial charge in [-0.2, -0.15) is 0 Å². The van der Waals surface area contributed by atoms with Crippen molar-refractivity contribution in [3.05, 3.63) is 29.8 Å². The summed E-state index contributed by atoms with van der Waals surface area (Å²) in [7, 11) is 0. The second-order valence-corrected chi connectivity index (χ2v) is 7.65. The third-order valence-corrected chi connectivity index (χ3v) is 5.66. The third kappa shape index (κ3) is 5.81. The van der Waals surface area contributed by atoms with E-state index >= 15 is 0 Å². The largest absolute Gasteiger partial charge is 0.366 e. The van der Waals surface area contributed by atoms with Crippen LogP contribution in [0.4, 0.5) is 14.5 Å². The molecule has 0 unspecified atom stereocenters. The van der Waals surface area contributed by atoms with Crippen LogP contribution in [0.15, 0.2) is 23.2 Å². The highest BCUT2D eigenvalue weighted by Crippen LogP contribution is 2.21. The van der Waals surface area contributed by atoms with Gasteiger partial charge in [0.05, 0.1) is 12.2 Å². The van der Waals surface area contributed by atoms with Crippen molar-refractivity contribution in [1.29, 1.82) is 0 Å². The van der Waals surface area contributed by atoms with Gasteiger partial charge < -0.3 is 20.0 Å². The molecule has 1 aromatic carbocycles. The van der Waals surface area contributed by atoms with Crippen molar-refractivity contribution >= 4 is 17.6 Å². The molecule has 2 aliphatic heterocycles. The standard InChI is InChI=1S/C21H32F2N6O/c1-3-24-21(25-6-7-26-8-10-27(11-9-26)17(2)30)29-14-12-28(13-15-29)20-16-18(22)4-5-19(20)23/h4-5,16H,3,6-15H2,1-2H3,(H,24,25). The molecule has 0 saturated carbocycles. The number of aliphatic imine (C=N–C) groups is 1. The van der Waals surface area contributed by atoms with Crippen molar-refractivity contribution < 1.29 is 13.6 Å². The Kier molecular flexibility index (Phi) is 7.84. The van der Waals surface area contributed by atoms with Crippen LogP contribution in [-0.2, 0) is 4.79 Å². The summed E-state index contributed by atoms with van der Waals surface area (Å²) < 4.78 is 27.6. The number of piperazine rings is 2. The fourth-order valence-corrected chi connectivity index (χ4v) is 3.90. The summed E-state index contributed by atoms with van der Waals surface area (Å²) in [5.41, 5.74) is 0.321. The van der Waals surface area contributed by atoms with E-state index in [1.807, 2.05) is 16.7 Å². The van der Waals surface area contributed by atoms with E-state index < -0.39 is 11.6 Å². The van der Waals surface area contributed by atoms with Gasteiger partial charge in [-0.15, -0.1) is 0 Å². The van der Waals surface area contributed by atoms with Crippen LogP contribution in [0.3, 0.4) is 0 Å². The van der Waals surface area contributed by atoms with Gasteiger partial charge in [0.25, 0.3) is 0 Å². The van der Waals surface area contributed by atoms with Crippen molar-refractivity contribution in [3.8, 4) is 0 Å². The highest BCUT2D eigenvalue weighted by Gasteiger charge is 2.22. The predicted octanol–water partition coefficient (Wildman–Crippen LogP) is 1.22. The van der Waals surface area contributed by atoms with Gasteiger partial charge >= 0.3 is 0 Å². The Labute approximate surface area is 177 Å². The van der Waals surface area contributed by atoms with E-state index in [2.05, 4.69) is 15.1 Å². The fraction of sp³-hybridized carbons (Fsp3) is 0.619. The summed E-state index contributed by atoms with van der Waals surface area (Å²) in [5.74, 6) is 0.182. The summed E-state index contributed by atoms with van der Waals surface area (Å²) in [6.45, 7) is 11.9. The lowest BCUT2D eigenvalue weighted by Crippen LogP contribution is -2.53. The molecule has 1 amide bonds. The van der Waals surface area contributed by atoms with Gasteiger partial charge in [0, 0.05) is 78.4 Å². The number of rotatable bonds is 5. The first-order chi connectivity index (χ1) is 14.5. The van der Waals surface area contributed by atoms with Crippen LogP contribution < -0.4 is 10.2 Å². The number of guanidine groups is 1. The average Bonchev–Trinajstić information content (AvgIpc) is 2.75. The summed E-state index contributed by atoms with van der Waals surface area (Å²) in [6, 6.07) is 3.58. The lowest BCUT2D eigenvalue weighted by molar-refractivity contribution is -0.130. The number of carbonyl (C=O) groups is 1. The van der Waals surface area contributed by atoms with E-state index in [0.717, 1.165) is 51.3 Å². The van der Waals surface area contributed by atoms with Gasteiger partial charge in [0.15, 0.2) is 5.96 Å². The molecule has 2 heterocycles. The molecule has 2 saturated heterocycles. The smallest absolute Gasteiger partial charge is 0.219 e. The van der Waals surface area contributed by atoms with E-state index in [9.17, 15) is 13.6 Å². The minimum atomic E-state index is -0.423. The Morgan fingerprint density at radius 2 is 1.70 bits per heavy atom.